The Balaban J connectivity index is 2.07. The molecule has 1 N–H and O–H groups in total. The summed E-state index contributed by atoms with van der Waals surface area (Å²) in [5, 5.41) is -0.467. The van der Waals surface area contributed by atoms with Gasteiger partial charge in [0.1, 0.15) is 0 Å². The maximum atomic E-state index is 12.7. The number of aromatic nitrogens is 2. The zero-order valence-corrected chi connectivity index (χ0v) is 10.8. The van der Waals surface area contributed by atoms with Crippen LogP contribution in [-0.2, 0) is 10.0 Å². The molecule has 1 fully saturated rings. The summed E-state index contributed by atoms with van der Waals surface area (Å²) in [4.78, 5) is 9.44. The smallest absolute Gasteiger partial charge is 0.225 e. The second kappa shape index (κ2) is 5.15. The van der Waals surface area contributed by atoms with E-state index in [4.69, 9.17) is 0 Å². The molecule has 0 aliphatic carbocycles. The monoisotopic (exact) mass is 274 g/mol. The normalized spacial score (nSPS) is 20.3. The van der Waals surface area contributed by atoms with Gasteiger partial charge in [-0.15, -0.1) is 0 Å². The predicted molar refractivity (Wildman–Crippen MR) is 65.2 cm³/mol. The van der Waals surface area contributed by atoms with Gasteiger partial charge in [0.05, 0.1) is 17.6 Å². The van der Waals surface area contributed by atoms with Crippen LogP contribution in [0.3, 0.4) is 0 Å². The Morgan fingerprint density at radius 1 is 1.50 bits per heavy atom. The first-order chi connectivity index (χ1) is 8.53. The molecule has 1 aliphatic heterocycles. The van der Waals surface area contributed by atoms with Gasteiger partial charge >= 0.3 is 0 Å². The summed E-state index contributed by atoms with van der Waals surface area (Å²) in [6.45, 7) is 3.02. The van der Waals surface area contributed by atoms with Crippen LogP contribution in [0.2, 0.25) is 0 Å². The average Bonchev–Trinajstić information content (AvgIpc) is 2.80. The fourth-order valence-corrected chi connectivity index (χ4v) is 3.38. The molecule has 1 atom stereocenters. The molecule has 0 bridgehead atoms. The van der Waals surface area contributed by atoms with Crippen molar-refractivity contribution in [2.45, 2.75) is 18.6 Å². The first kappa shape index (κ1) is 13.2. The molecular weight excluding hydrogens is 259 g/mol. The van der Waals surface area contributed by atoms with Crippen LogP contribution in [0.15, 0.2) is 12.4 Å². The average molecular weight is 274 g/mol. The third-order valence-electron chi connectivity index (χ3n) is 2.82. The molecule has 100 valence electrons. The lowest BCUT2D eigenvalue weighted by molar-refractivity contribution is 0.570. The first-order valence-electron chi connectivity index (χ1n) is 5.74. The van der Waals surface area contributed by atoms with Crippen LogP contribution in [-0.4, -0.2) is 43.3 Å². The van der Waals surface area contributed by atoms with E-state index in [9.17, 15) is 12.8 Å². The summed E-state index contributed by atoms with van der Waals surface area (Å²) in [6.07, 6.45) is 2.68. The molecule has 0 radical (unpaired) electrons. The second-order valence-corrected chi connectivity index (χ2v) is 6.15. The summed E-state index contributed by atoms with van der Waals surface area (Å²) in [5.41, 5.74) is 0. The molecule has 0 amide bonds. The molecular formula is C10H15FN4O2S. The van der Waals surface area contributed by atoms with Crippen molar-refractivity contribution in [1.29, 1.82) is 0 Å². The van der Waals surface area contributed by atoms with E-state index in [-0.39, 0.29) is 0 Å². The highest BCUT2D eigenvalue weighted by Gasteiger charge is 2.33. The molecule has 1 aliphatic rings. The summed E-state index contributed by atoms with van der Waals surface area (Å²) in [7, 11) is -3.28. The SMILES string of the molecule is CCNS(=O)(=O)[C@@H]1CCN(c2ncc(F)cn2)C1. The van der Waals surface area contributed by atoms with Crippen molar-refractivity contribution < 1.29 is 12.8 Å². The maximum absolute atomic E-state index is 12.7. The summed E-state index contributed by atoms with van der Waals surface area (Å²) in [6, 6.07) is 0. The van der Waals surface area contributed by atoms with E-state index >= 15 is 0 Å². The van der Waals surface area contributed by atoms with Crippen LogP contribution in [0, 0.1) is 5.82 Å². The van der Waals surface area contributed by atoms with E-state index in [2.05, 4.69) is 14.7 Å². The molecule has 1 aromatic rings. The summed E-state index contributed by atoms with van der Waals surface area (Å²) >= 11 is 0. The van der Waals surface area contributed by atoms with Gasteiger partial charge in [-0.2, -0.15) is 0 Å². The van der Waals surface area contributed by atoms with E-state index in [1.807, 2.05) is 0 Å². The molecule has 1 saturated heterocycles. The van der Waals surface area contributed by atoms with Gasteiger partial charge in [-0.25, -0.2) is 27.5 Å². The highest BCUT2D eigenvalue weighted by Crippen LogP contribution is 2.20. The van der Waals surface area contributed by atoms with Crippen LogP contribution >= 0.6 is 0 Å². The largest absolute Gasteiger partial charge is 0.339 e. The Kier molecular flexibility index (Phi) is 3.76. The van der Waals surface area contributed by atoms with Crippen molar-refractivity contribution in [2.75, 3.05) is 24.5 Å². The molecule has 2 rings (SSSR count). The fourth-order valence-electron chi connectivity index (χ4n) is 1.95. The minimum absolute atomic E-state index is 0.334. The van der Waals surface area contributed by atoms with E-state index in [0.717, 1.165) is 12.4 Å². The number of hydrogen-bond donors (Lipinski definition) is 1. The quantitative estimate of drug-likeness (QED) is 0.845. The van der Waals surface area contributed by atoms with Gasteiger partial charge in [-0.1, -0.05) is 6.92 Å². The number of rotatable bonds is 4. The number of nitrogens with zero attached hydrogens (tertiary/aromatic N) is 3. The van der Waals surface area contributed by atoms with Gasteiger partial charge in [0.25, 0.3) is 0 Å². The van der Waals surface area contributed by atoms with Gasteiger partial charge in [0, 0.05) is 19.6 Å². The lowest BCUT2D eigenvalue weighted by Gasteiger charge is -2.16. The minimum Gasteiger partial charge on any atom is -0.339 e. The third-order valence-corrected chi connectivity index (χ3v) is 4.77. The van der Waals surface area contributed by atoms with Crippen LogP contribution in [0.4, 0.5) is 10.3 Å². The third kappa shape index (κ3) is 2.75. The van der Waals surface area contributed by atoms with Gasteiger partial charge < -0.3 is 4.90 Å². The molecule has 0 unspecified atom stereocenters. The van der Waals surface area contributed by atoms with E-state index in [1.54, 1.807) is 11.8 Å². The zero-order valence-electron chi connectivity index (χ0n) is 10.0. The maximum Gasteiger partial charge on any atom is 0.225 e. The van der Waals surface area contributed by atoms with Crippen molar-refractivity contribution in [3.63, 3.8) is 0 Å². The Morgan fingerprint density at radius 3 is 2.78 bits per heavy atom. The van der Waals surface area contributed by atoms with Crippen molar-refractivity contribution in [3.05, 3.63) is 18.2 Å². The predicted octanol–water partition coefficient (Wildman–Crippen LogP) is 0.134. The van der Waals surface area contributed by atoms with Gasteiger partial charge in [0.2, 0.25) is 16.0 Å². The molecule has 8 heteroatoms. The van der Waals surface area contributed by atoms with E-state index in [1.165, 1.54) is 0 Å². The van der Waals surface area contributed by atoms with Crippen LogP contribution in [0.5, 0.6) is 0 Å². The molecule has 0 aromatic carbocycles. The number of halogens is 1. The van der Waals surface area contributed by atoms with Crippen LogP contribution in [0.25, 0.3) is 0 Å². The van der Waals surface area contributed by atoms with Crippen LogP contribution < -0.4 is 9.62 Å². The minimum atomic E-state index is -3.28. The highest BCUT2D eigenvalue weighted by atomic mass is 32.2. The number of nitrogens with one attached hydrogen (secondary N) is 1. The lowest BCUT2D eigenvalue weighted by Crippen LogP contribution is -2.36. The fraction of sp³-hybridized carbons (Fsp3) is 0.600. The molecule has 0 spiro atoms. The van der Waals surface area contributed by atoms with Crippen molar-refractivity contribution in [2.24, 2.45) is 0 Å². The van der Waals surface area contributed by atoms with Gasteiger partial charge in [-0.3, -0.25) is 0 Å². The zero-order chi connectivity index (χ0) is 13.2. The molecule has 0 saturated carbocycles. The molecule has 18 heavy (non-hydrogen) atoms. The van der Waals surface area contributed by atoms with Gasteiger partial charge in [0.15, 0.2) is 5.82 Å². The lowest BCUT2D eigenvalue weighted by atomic mass is 10.4. The molecule has 1 aromatic heterocycles. The summed E-state index contributed by atoms with van der Waals surface area (Å²) < 4.78 is 38.8. The van der Waals surface area contributed by atoms with Crippen molar-refractivity contribution in [1.82, 2.24) is 14.7 Å². The Bertz CT molecular complexity index is 505. The Hall–Kier alpha value is -1.28. The van der Waals surface area contributed by atoms with E-state index in [0.29, 0.717) is 32.0 Å². The second-order valence-electron chi connectivity index (χ2n) is 4.10. The first-order valence-corrected chi connectivity index (χ1v) is 7.28. The number of anilines is 1. The Labute approximate surface area is 105 Å². The Morgan fingerprint density at radius 2 is 2.17 bits per heavy atom. The number of hydrogen-bond acceptors (Lipinski definition) is 5. The highest BCUT2D eigenvalue weighted by molar-refractivity contribution is 7.90. The number of sulfonamides is 1. The molecule has 6 nitrogen and oxygen atoms in total. The van der Waals surface area contributed by atoms with Gasteiger partial charge in [-0.05, 0) is 6.42 Å². The van der Waals surface area contributed by atoms with Crippen molar-refractivity contribution >= 4 is 16.0 Å². The standard InChI is InChI=1S/C10H15FN4O2S/c1-2-14-18(16,17)9-3-4-15(7-9)10-12-5-8(11)6-13-10/h5-6,9,14H,2-4,7H2,1H3/t9-/m1/s1. The summed E-state index contributed by atoms with van der Waals surface area (Å²) in [5.74, 6) is -0.139. The molecule has 2 heterocycles. The van der Waals surface area contributed by atoms with E-state index < -0.39 is 21.1 Å². The van der Waals surface area contributed by atoms with Crippen LogP contribution in [0.1, 0.15) is 13.3 Å². The van der Waals surface area contributed by atoms with Crippen molar-refractivity contribution in [3.8, 4) is 0 Å². The topological polar surface area (TPSA) is 75.2 Å².